The zero-order valence-electron chi connectivity index (χ0n) is 17.8. The molecule has 0 unspecified atom stereocenters. The topological polar surface area (TPSA) is 78.1 Å². The van der Waals surface area contributed by atoms with Crippen LogP contribution in [0.1, 0.15) is 11.4 Å². The number of hydrogen-bond donors (Lipinski definition) is 0. The summed E-state index contributed by atoms with van der Waals surface area (Å²) in [6.07, 6.45) is 3.48. The Hall–Kier alpha value is -3.20. The maximum atomic E-state index is 12.9. The van der Waals surface area contributed by atoms with E-state index >= 15 is 0 Å². The van der Waals surface area contributed by atoms with Gasteiger partial charge in [0.25, 0.3) is 0 Å². The van der Waals surface area contributed by atoms with Gasteiger partial charge in [-0.15, -0.1) is 0 Å². The number of pyridine rings is 1. The van der Waals surface area contributed by atoms with Crippen molar-refractivity contribution in [3.8, 4) is 16.9 Å². The van der Waals surface area contributed by atoms with Crippen molar-refractivity contribution in [1.29, 1.82) is 0 Å². The first-order chi connectivity index (χ1) is 14.9. The Labute approximate surface area is 188 Å². The highest BCUT2D eigenvalue weighted by atomic mass is 79.9. The molecule has 8 nitrogen and oxygen atoms in total. The van der Waals surface area contributed by atoms with Crippen LogP contribution in [0.15, 0.2) is 47.2 Å². The number of amides is 1. The third kappa shape index (κ3) is 4.05. The van der Waals surface area contributed by atoms with Gasteiger partial charge in [0.1, 0.15) is 12.3 Å². The Kier molecular flexibility index (Phi) is 5.77. The maximum Gasteiger partial charge on any atom is 0.244 e. The van der Waals surface area contributed by atoms with Gasteiger partial charge < -0.3 is 9.64 Å². The summed E-state index contributed by atoms with van der Waals surface area (Å²) in [4.78, 5) is 19.1. The summed E-state index contributed by atoms with van der Waals surface area (Å²) in [5, 5.41) is 9.76. The lowest BCUT2D eigenvalue weighted by Gasteiger charge is -2.17. The van der Waals surface area contributed by atoms with Crippen LogP contribution in [0.4, 0.5) is 0 Å². The molecule has 4 aromatic rings. The molecule has 0 aliphatic carbocycles. The van der Waals surface area contributed by atoms with Gasteiger partial charge in [-0.05, 0) is 52.2 Å². The average Bonchev–Trinajstić information content (AvgIpc) is 3.27. The maximum absolute atomic E-state index is 12.9. The molecule has 0 aliphatic rings. The smallest absolute Gasteiger partial charge is 0.244 e. The van der Waals surface area contributed by atoms with E-state index in [2.05, 4.69) is 31.1 Å². The van der Waals surface area contributed by atoms with Crippen LogP contribution in [0.5, 0.6) is 5.75 Å². The predicted molar refractivity (Wildman–Crippen MR) is 122 cm³/mol. The molecule has 1 aromatic carbocycles. The number of benzene rings is 1. The van der Waals surface area contributed by atoms with Crippen molar-refractivity contribution in [2.75, 3.05) is 14.2 Å². The first kappa shape index (κ1) is 21.0. The summed E-state index contributed by atoms with van der Waals surface area (Å²) in [7, 11) is 5.28. The Balaban J connectivity index is 1.62. The number of methoxy groups -OCH3 is 1. The first-order valence-corrected chi connectivity index (χ1v) is 10.5. The molecule has 0 saturated carbocycles. The predicted octanol–water partition coefficient (Wildman–Crippen LogP) is 3.57. The minimum Gasteiger partial charge on any atom is -0.497 e. The van der Waals surface area contributed by atoms with Crippen LogP contribution in [0, 0.1) is 6.92 Å². The quantitative estimate of drug-likeness (QED) is 0.419. The molecule has 160 valence electrons. The highest BCUT2D eigenvalue weighted by molar-refractivity contribution is 9.10. The summed E-state index contributed by atoms with van der Waals surface area (Å²) in [5.74, 6) is 0.740. The van der Waals surface area contributed by atoms with E-state index in [4.69, 9.17) is 4.74 Å². The Morgan fingerprint density at radius 3 is 2.61 bits per heavy atom. The van der Waals surface area contributed by atoms with E-state index in [9.17, 15) is 4.79 Å². The van der Waals surface area contributed by atoms with Crippen molar-refractivity contribution in [2.45, 2.75) is 20.0 Å². The number of carbonyl (C=O) groups is 1. The molecule has 0 N–H and O–H groups in total. The van der Waals surface area contributed by atoms with Gasteiger partial charge in [-0.2, -0.15) is 10.2 Å². The Morgan fingerprint density at radius 1 is 1.23 bits per heavy atom. The lowest BCUT2D eigenvalue weighted by atomic mass is 10.0. The highest BCUT2D eigenvalue weighted by Gasteiger charge is 2.19. The summed E-state index contributed by atoms with van der Waals surface area (Å²) >= 11 is 3.48. The standard InChI is InChI=1S/C22H23BrN6O2/c1-14-21-17(15-5-7-16(31-4)8-6-15)9-10-24-22(21)29(26-14)13-20(30)27(2)12-19-18(23)11-25-28(19)3/h5-11H,12-13H2,1-4H3. The van der Waals surface area contributed by atoms with Crippen molar-refractivity contribution in [1.82, 2.24) is 29.4 Å². The molecule has 0 atom stereocenters. The second-order valence-electron chi connectivity index (χ2n) is 7.34. The minimum atomic E-state index is -0.0610. The van der Waals surface area contributed by atoms with Crippen LogP contribution >= 0.6 is 15.9 Å². The molecule has 0 fully saturated rings. The number of hydrogen-bond acceptors (Lipinski definition) is 5. The van der Waals surface area contributed by atoms with Gasteiger partial charge in [-0.1, -0.05) is 12.1 Å². The SMILES string of the molecule is COc1ccc(-c2ccnc3c2c(C)nn3CC(=O)N(C)Cc2c(Br)cnn2C)cc1. The molecular weight excluding hydrogens is 460 g/mol. The van der Waals surface area contributed by atoms with Crippen LogP contribution in [0.25, 0.3) is 22.2 Å². The molecule has 31 heavy (non-hydrogen) atoms. The van der Waals surface area contributed by atoms with Crippen LogP contribution < -0.4 is 4.74 Å². The number of aryl methyl sites for hydroxylation is 2. The minimum absolute atomic E-state index is 0.0610. The molecule has 4 rings (SSSR count). The van der Waals surface area contributed by atoms with E-state index in [0.29, 0.717) is 12.2 Å². The number of halogens is 1. The van der Waals surface area contributed by atoms with Crippen LogP contribution in [0.2, 0.25) is 0 Å². The van der Waals surface area contributed by atoms with Crippen LogP contribution in [0.3, 0.4) is 0 Å². The second-order valence-corrected chi connectivity index (χ2v) is 8.20. The van der Waals surface area contributed by atoms with Crippen molar-refractivity contribution in [2.24, 2.45) is 7.05 Å². The van der Waals surface area contributed by atoms with Gasteiger partial charge in [-0.3, -0.25) is 9.48 Å². The number of rotatable bonds is 6. The van der Waals surface area contributed by atoms with Crippen molar-refractivity contribution in [3.63, 3.8) is 0 Å². The van der Waals surface area contributed by atoms with E-state index in [1.165, 1.54) is 0 Å². The zero-order valence-corrected chi connectivity index (χ0v) is 19.4. The largest absolute Gasteiger partial charge is 0.497 e. The summed E-state index contributed by atoms with van der Waals surface area (Å²) in [6, 6.07) is 9.84. The van der Waals surface area contributed by atoms with Gasteiger partial charge in [0, 0.05) is 25.7 Å². The summed E-state index contributed by atoms with van der Waals surface area (Å²) in [6.45, 7) is 2.49. The average molecular weight is 483 g/mol. The van der Waals surface area contributed by atoms with Gasteiger partial charge in [0.05, 0.1) is 35.7 Å². The monoisotopic (exact) mass is 482 g/mol. The number of aromatic nitrogens is 5. The normalized spacial score (nSPS) is 11.1. The Bertz CT molecular complexity index is 1230. The number of fused-ring (bicyclic) bond motifs is 1. The number of ether oxygens (including phenoxy) is 1. The van der Waals surface area contributed by atoms with Crippen LogP contribution in [-0.2, 0) is 24.9 Å². The van der Waals surface area contributed by atoms with Crippen molar-refractivity contribution < 1.29 is 9.53 Å². The molecule has 1 amide bonds. The fourth-order valence-corrected chi connectivity index (χ4v) is 4.05. The number of likely N-dealkylation sites (N-methyl/N-ethyl adjacent to an activating group) is 1. The van der Waals surface area contributed by atoms with Gasteiger partial charge in [0.15, 0.2) is 5.65 Å². The molecule has 0 saturated heterocycles. The lowest BCUT2D eigenvalue weighted by molar-refractivity contribution is -0.131. The van der Waals surface area contributed by atoms with Crippen molar-refractivity contribution >= 4 is 32.9 Å². The molecule has 0 spiro atoms. The van der Waals surface area contributed by atoms with Gasteiger partial charge in [0.2, 0.25) is 5.91 Å². The molecule has 0 bridgehead atoms. The Morgan fingerprint density at radius 2 is 1.97 bits per heavy atom. The van der Waals surface area contributed by atoms with Crippen LogP contribution in [-0.4, -0.2) is 49.5 Å². The van der Waals surface area contributed by atoms with E-state index in [1.807, 2.05) is 44.3 Å². The van der Waals surface area contributed by atoms with Gasteiger partial charge in [-0.25, -0.2) is 9.67 Å². The summed E-state index contributed by atoms with van der Waals surface area (Å²) < 4.78 is 9.56. The molecule has 3 heterocycles. The molecule has 0 radical (unpaired) electrons. The fourth-order valence-electron chi connectivity index (χ4n) is 3.58. The zero-order chi connectivity index (χ0) is 22.1. The fraction of sp³-hybridized carbons (Fsp3) is 0.273. The second kappa shape index (κ2) is 8.50. The van der Waals surface area contributed by atoms with E-state index < -0.39 is 0 Å². The van der Waals surface area contributed by atoms with Crippen molar-refractivity contribution in [3.05, 3.63) is 58.6 Å². The third-order valence-corrected chi connectivity index (χ3v) is 5.98. The number of carbonyl (C=O) groups excluding carboxylic acids is 1. The van der Waals surface area contributed by atoms with Gasteiger partial charge >= 0.3 is 0 Å². The van der Waals surface area contributed by atoms with E-state index in [0.717, 1.165) is 38.1 Å². The third-order valence-electron chi connectivity index (χ3n) is 5.32. The van der Waals surface area contributed by atoms with E-state index in [1.54, 1.807) is 40.8 Å². The lowest BCUT2D eigenvalue weighted by Crippen LogP contribution is -2.31. The molecular formula is C22H23BrN6O2. The van der Waals surface area contributed by atoms with E-state index in [-0.39, 0.29) is 12.5 Å². The highest BCUT2D eigenvalue weighted by Crippen LogP contribution is 2.31. The first-order valence-electron chi connectivity index (χ1n) is 9.76. The molecule has 9 heteroatoms. The summed E-state index contributed by atoms with van der Waals surface area (Å²) in [5.41, 5.74) is 4.52. The molecule has 0 aliphatic heterocycles. The molecule has 3 aromatic heterocycles. The number of nitrogens with zero attached hydrogens (tertiary/aromatic N) is 6.